The molecule has 0 radical (unpaired) electrons. The van der Waals surface area contributed by atoms with Gasteiger partial charge < -0.3 is 0 Å². The molecule has 0 aromatic heterocycles. The highest BCUT2D eigenvalue weighted by Crippen LogP contribution is 2.38. The van der Waals surface area contributed by atoms with Gasteiger partial charge in [0, 0.05) is 37.5 Å². The van der Waals surface area contributed by atoms with Gasteiger partial charge in [-0.2, -0.15) is 0 Å². The largest absolute Gasteiger partial charge is 0.299 e. The number of allylic oxidation sites excluding steroid dienone is 2. The summed E-state index contributed by atoms with van der Waals surface area (Å²) in [4.78, 5) is 38.3. The van der Waals surface area contributed by atoms with Crippen molar-refractivity contribution in [2.75, 3.05) is 0 Å². The third kappa shape index (κ3) is 8.31. The summed E-state index contributed by atoms with van der Waals surface area (Å²) in [6, 6.07) is 0. The second-order valence-electron chi connectivity index (χ2n) is 10.6. The molecule has 0 aromatic rings. The van der Waals surface area contributed by atoms with Crippen molar-refractivity contribution in [2.24, 2.45) is 23.7 Å². The van der Waals surface area contributed by atoms with E-state index in [2.05, 4.69) is 12.2 Å². The predicted molar refractivity (Wildman–Crippen MR) is 126 cm³/mol. The first-order valence-corrected chi connectivity index (χ1v) is 13.4. The Balaban J connectivity index is 1.60. The Morgan fingerprint density at radius 3 is 2.10 bits per heavy atom. The summed E-state index contributed by atoms with van der Waals surface area (Å²) in [6.07, 6.45) is 23.3. The van der Waals surface area contributed by atoms with Crippen LogP contribution in [0.3, 0.4) is 0 Å². The summed E-state index contributed by atoms with van der Waals surface area (Å²) in [5.41, 5.74) is 0. The molecule has 4 unspecified atom stereocenters. The van der Waals surface area contributed by atoms with Crippen LogP contribution in [0.5, 0.6) is 0 Å². The molecule has 174 valence electrons. The van der Waals surface area contributed by atoms with E-state index in [4.69, 9.17) is 0 Å². The molecule has 0 aromatic carbocycles. The highest BCUT2D eigenvalue weighted by molar-refractivity contribution is 5.90. The van der Waals surface area contributed by atoms with E-state index in [9.17, 15) is 14.4 Å². The number of hydrogen-bond donors (Lipinski definition) is 0. The number of Topliss-reactive ketones (excluding diaryl/α,β-unsaturated/α-hetero) is 3. The van der Waals surface area contributed by atoms with E-state index >= 15 is 0 Å². The van der Waals surface area contributed by atoms with E-state index in [1.165, 1.54) is 44.9 Å². The zero-order valence-corrected chi connectivity index (χ0v) is 19.6. The highest BCUT2D eigenvalue weighted by Gasteiger charge is 2.36. The van der Waals surface area contributed by atoms with Gasteiger partial charge in [0.05, 0.1) is 0 Å². The van der Waals surface area contributed by atoms with Crippen molar-refractivity contribution < 1.29 is 14.4 Å². The number of ketones is 3. The standard InChI is InChI=1S/C28H44O3/c29-24-15-6-3-1-2-5-12-22-13-11-14-23(20-22)21-28(31)26-18-10-9-17-25(26)27(30)19-8-4-7-16-24/h3,6,22-23,25-26H,1-2,4-5,7-21H2. The average Bonchev–Trinajstić information content (AvgIpc) is 2.77. The van der Waals surface area contributed by atoms with Crippen molar-refractivity contribution in [3.8, 4) is 0 Å². The zero-order valence-electron chi connectivity index (χ0n) is 19.6. The van der Waals surface area contributed by atoms with Gasteiger partial charge in [-0.25, -0.2) is 0 Å². The van der Waals surface area contributed by atoms with Crippen LogP contribution >= 0.6 is 0 Å². The minimum atomic E-state index is -0.0264. The van der Waals surface area contributed by atoms with Crippen molar-refractivity contribution in [2.45, 2.75) is 122 Å². The number of fused-ring (bicyclic) bond motifs is 3. The highest BCUT2D eigenvalue weighted by atomic mass is 16.1. The molecule has 0 amide bonds. The van der Waals surface area contributed by atoms with Gasteiger partial charge in [0.1, 0.15) is 17.3 Å². The van der Waals surface area contributed by atoms with E-state index in [1.54, 1.807) is 0 Å². The molecule has 3 aliphatic rings. The molecule has 0 aliphatic heterocycles. The van der Waals surface area contributed by atoms with Crippen LogP contribution in [-0.4, -0.2) is 17.3 Å². The SMILES string of the molecule is O=C1CC=CCCCCC2CCCC(CC(=O)C3CCCCC3C(=O)CCCCC1)C2. The van der Waals surface area contributed by atoms with Crippen LogP contribution in [-0.2, 0) is 14.4 Å². The molecule has 0 spiro atoms. The molecule has 3 nitrogen and oxygen atoms in total. The normalized spacial score (nSPS) is 33.4. The van der Waals surface area contributed by atoms with Crippen LogP contribution < -0.4 is 0 Å². The lowest BCUT2D eigenvalue weighted by Gasteiger charge is -2.33. The van der Waals surface area contributed by atoms with Crippen molar-refractivity contribution in [1.29, 1.82) is 0 Å². The van der Waals surface area contributed by atoms with Gasteiger partial charge in [0.15, 0.2) is 0 Å². The van der Waals surface area contributed by atoms with Gasteiger partial charge in [0.25, 0.3) is 0 Å². The predicted octanol–water partition coefficient (Wildman–Crippen LogP) is 7.17. The number of carbonyl (C=O) groups excluding carboxylic acids is 3. The van der Waals surface area contributed by atoms with Crippen molar-refractivity contribution >= 4 is 17.3 Å². The number of hydrogen-bond acceptors (Lipinski definition) is 3. The van der Waals surface area contributed by atoms with E-state index in [1.807, 2.05) is 0 Å². The number of carbonyl (C=O) groups is 3. The molecule has 3 aliphatic carbocycles. The fourth-order valence-electron chi connectivity index (χ4n) is 6.30. The second kappa shape index (κ2) is 13.3. The Kier molecular flexibility index (Phi) is 10.5. The summed E-state index contributed by atoms with van der Waals surface area (Å²) in [6.45, 7) is 0. The zero-order chi connectivity index (χ0) is 21.9. The van der Waals surface area contributed by atoms with E-state index in [0.29, 0.717) is 42.5 Å². The maximum Gasteiger partial charge on any atom is 0.136 e. The van der Waals surface area contributed by atoms with Gasteiger partial charge in [-0.05, 0) is 56.8 Å². The van der Waals surface area contributed by atoms with Crippen molar-refractivity contribution in [1.82, 2.24) is 0 Å². The van der Waals surface area contributed by atoms with Crippen LogP contribution in [0.15, 0.2) is 12.2 Å². The summed E-state index contributed by atoms with van der Waals surface area (Å²) in [5, 5.41) is 0. The van der Waals surface area contributed by atoms with Crippen molar-refractivity contribution in [3.63, 3.8) is 0 Å². The minimum Gasteiger partial charge on any atom is -0.299 e. The molecule has 2 fully saturated rings. The molecule has 2 saturated carbocycles. The van der Waals surface area contributed by atoms with Gasteiger partial charge in [-0.15, -0.1) is 0 Å². The lowest BCUT2D eigenvalue weighted by atomic mass is 9.70. The van der Waals surface area contributed by atoms with Gasteiger partial charge >= 0.3 is 0 Å². The van der Waals surface area contributed by atoms with E-state index in [0.717, 1.165) is 63.7 Å². The first kappa shape index (κ1) is 24.4. The summed E-state index contributed by atoms with van der Waals surface area (Å²) >= 11 is 0. The number of rotatable bonds is 0. The van der Waals surface area contributed by atoms with E-state index in [-0.39, 0.29) is 11.8 Å². The first-order chi connectivity index (χ1) is 15.1. The molecular weight excluding hydrogens is 384 g/mol. The minimum absolute atomic E-state index is 0.0108. The Labute approximate surface area is 189 Å². The quantitative estimate of drug-likeness (QED) is 0.384. The summed E-state index contributed by atoms with van der Waals surface area (Å²) in [7, 11) is 0. The van der Waals surface area contributed by atoms with Crippen LogP contribution in [0, 0.1) is 23.7 Å². The van der Waals surface area contributed by atoms with Crippen LogP contribution in [0.2, 0.25) is 0 Å². The summed E-state index contributed by atoms with van der Waals surface area (Å²) in [5.74, 6) is 2.31. The fraction of sp³-hybridized carbons (Fsp3) is 0.821. The van der Waals surface area contributed by atoms with Gasteiger partial charge in [-0.1, -0.05) is 63.5 Å². The molecule has 3 rings (SSSR count). The molecule has 31 heavy (non-hydrogen) atoms. The van der Waals surface area contributed by atoms with E-state index < -0.39 is 0 Å². The second-order valence-corrected chi connectivity index (χ2v) is 10.6. The first-order valence-electron chi connectivity index (χ1n) is 13.4. The summed E-state index contributed by atoms with van der Waals surface area (Å²) < 4.78 is 0. The molecular formula is C28H44O3. The maximum absolute atomic E-state index is 13.2. The molecule has 2 bridgehead atoms. The fourth-order valence-corrected chi connectivity index (χ4v) is 6.30. The third-order valence-corrected chi connectivity index (χ3v) is 8.10. The molecule has 0 N–H and O–H groups in total. The lowest BCUT2D eigenvalue weighted by molar-refractivity contribution is -0.135. The van der Waals surface area contributed by atoms with Gasteiger partial charge in [0.2, 0.25) is 0 Å². The molecule has 0 heterocycles. The maximum atomic E-state index is 13.2. The Morgan fingerprint density at radius 2 is 1.26 bits per heavy atom. The molecule has 0 saturated heterocycles. The smallest absolute Gasteiger partial charge is 0.136 e. The average molecular weight is 429 g/mol. The Hall–Kier alpha value is -1.25. The van der Waals surface area contributed by atoms with Crippen LogP contribution in [0.25, 0.3) is 0 Å². The van der Waals surface area contributed by atoms with Crippen molar-refractivity contribution in [3.05, 3.63) is 12.2 Å². The van der Waals surface area contributed by atoms with Crippen LogP contribution in [0.1, 0.15) is 122 Å². The molecule has 4 atom stereocenters. The lowest BCUT2D eigenvalue weighted by Crippen LogP contribution is -2.34. The molecule has 3 heteroatoms. The Bertz CT molecular complexity index is 620. The Morgan fingerprint density at radius 1 is 0.581 bits per heavy atom. The monoisotopic (exact) mass is 428 g/mol. The third-order valence-electron chi connectivity index (χ3n) is 8.10. The topological polar surface area (TPSA) is 51.2 Å². The van der Waals surface area contributed by atoms with Gasteiger partial charge in [-0.3, -0.25) is 14.4 Å². The van der Waals surface area contributed by atoms with Crippen LogP contribution in [0.4, 0.5) is 0 Å².